The Hall–Kier alpha value is -2.35. The lowest BCUT2D eigenvalue weighted by atomic mass is 10.2. The lowest BCUT2D eigenvalue weighted by Gasteiger charge is -2.27. The van der Waals surface area contributed by atoms with E-state index in [1.54, 1.807) is 6.07 Å². The van der Waals surface area contributed by atoms with Crippen molar-refractivity contribution >= 4 is 17.6 Å². The topological polar surface area (TPSA) is 121 Å². The van der Waals surface area contributed by atoms with E-state index >= 15 is 0 Å². The number of guanidine groups is 2. The molecule has 0 amide bonds. The Bertz CT molecular complexity index is 524. The van der Waals surface area contributed by atoms with Crippen molar-refractivity contribution in [2.75, 3.05) is 13.2 Å². The zero-order chi connectivity index (χ0) is 13.8. The predicted octanol–water partition coefficient (Wildman–Crippen LogP) is -0.177. The first-order valence-corrected chi connectivity index (χ1v) is 5.53. The Labute approximate surface area is 108 Å². The van der Waals surface area contributed by atoms with Crippen LogP contribution in [0.3, 0.4) is 0 Å². The van der Waals surface area contributed by atoms with Crippen LogP contribution in [0.2, 0.25) is 0 Å². The van der Waals surface area contributed by atoms with Gasteiger partial charge in [0.05, 0.1) is 13.2 Å². The quantitative estimate of drug-likeness (QED) is 0.518. The second-order valence-corrected chi connectivity index (χ2v) is 3.87. The summed E-state index contributed by atoms with van der Waals surface area (Å²) in [5.74, 6) is -0.942. The van der Waals surface area contributed by atoms with Crippen molar-refractivity contribution in [3.8, 4) is 5.75 Å². The van der Waals surface area contributed by atoms with Gasteiger partial charge in [0.15, 0.2) is 17.5 Å². The Balaban J connectivity index is 2.28. The molecule has 1 aliphatic rings. The van der Waals surface area contributed by atoms with Gasteiger partial charge in [-0.15, -0.1) is 0 Å². The summed E-state index contributed by atoms with van der Waals surface area (Å²) in [6.07, 6.45) is -0.185. The van der Waals surface area contributed by atoms with E-state index in [-0.39, 0.29) is 29.5 Å². The molecule has 0 bridgehead atoms. The van der Waals surface area contributed by atoms with Gasteiger partial charge in [0, 0.05) is 0 Å². The van der Waals surface area contributed by atoms with Gasteiger partial charge in [-0.1, -0.05) is 6.07 Å². The largest absolute Gasteiger partial charge is 0.480 e. The molecule has 0 unspecified atom stereocenters. The Morgan fingerprint density at radius 1 is 1.32 bits per heavy atom. The van der Waals surface area contributed by atoms with Crippen molar-refractivity contribution < 1.29 is 13.9 Å². The van der Waals surface area contributed by atoms with Crippen LogP contribution in [0.1, 0.15) is 0 Å². The zero-order valence-electron chi connectivity index (χ0n) is 10.0. The van der Waals surface area contributed by atoms with Gasteiger partial charge in [-0.2, -0.15) is 4.99 Å². The summed E-state index contributed by atoms with van der Waals surface area (Å²) in [6, 6.07) is 4.30. The van der Waals surface area contributed by atoms with Crippen LogP contribution in [-0.4, -0.2) is 31.2 Å². The summed E-state index contributed by atoms with van der Waals surface area (Å²) in [5, 5.41) is 0. The van der Waals surface area contributed by atoms with Gasteiger partial charge < -0.3 is 26.7 Å². The van der Waals surface area contributed by atoms with E-state index in [2.05, 4.69) is 9.98 Å². The van der Waals surface area contributed by atoms with Gasteiger partial charge in [-0.05, 0) is 12.1 Å². The normalized spacial score (nSPS) is 15.7. The molecule has 0 saturated carbocycles. The summed E-state index contributed by atoms with van der Waals surface area (Å²) in [5.41, 5.74) is 16.1. The molecule has 19 heavy (non-hydrogen) atoms. The number of nitrogens with zero attached hydrogens (tertiary/aromatic N) is 2. The summed E-state index contributed by atoms with van der Waals surface area (Å²) in [7, 11) is 0. The molecule has 1 aliphatic heterocycles. The van der Waals surface area contributed by atoms with Gasteiger partial charge >= 0.3 is 0 Å². The highest BCUT2D eigenvalue weighted by Gasteiger charge is 2.23. The molecule has 0 aliphatic carbocycles. The van der Waals surface area contributed by atoms with Crippen LogP contribution in [0.15, 0.2) is 28.2 Å². The molecular formula is C11H14FN5O2. The van der Waals surface area contributed by atoms with E-state index in [1.165, 1.54) is 12.1 Å². The van der Waals surface area contributed by atoms with Crippen molar-refractivity contribution in [1.29, 1.82) is 0 Å². The number of aliphatic imine (C=N–C) groups is 2. The second-order valence-electron chi connectivity index (χ2n) is 3.87. The minimum Gasteiger partial charge on any atom is -0.480 e. The first-order valence-electron chi connectivity index (χ1n) is 5.53. The van der Waals surface area contributed by atoms with Crippen molar-refractivity contribution in [2.24, 2.45) is 27.2 Å². The van der Waals surface area contributed by atoms with E-state index in [0.717, 1.165) is 0 Å². The smallest absolute Gasteiger partial charge is 0.223 e. The Morgan fingerprint density at radius 3 is 2.63 bits per heavy atom. The average Bonchev–Trinajstić information content (AvgIpc) is 2.24. The number of para-hydroxylation sites is 1. The van der Waals surface area contributed by atoms with E-state index in [9.17, 15) is 4.39 Å². The fourth-order valence-corrected chi connectivity index (χ4v) is 1.43. The maximum atomic E-state index is 13.7. The van der Waals surface area contributed by atoms with Crippen LogP contribution in [0.25, 0.3) is 0 Å². The van der Waals surface area contributed by atoms with Crippen molar-refractivity contribution in [3.05, 3.63) is 24.0 Å². The lowest BCUT2D eigenvalue weighted by molar-refractivity contribution is -0.0806. The minimum absolute atomic E-state index is 0.00421. The molecule has 0 atom stereocenters. The van der Waals surface area contributed by atoms with Gasteiger partial charge in [0.25, 0.3) is 0 Å². The number of hydrogen-bond acceptors (Lipinski definition) is 3. The third-order valence-corrected chi connectivity index (χ3v) is 2.32. The van der Waals surface area contributed by atoms with Crippen molar-refractivity contribution in [1.82, 2.24) is 0 Å². The number of halogens is 1. The number of nitrogens with two attached hydrogens (primary N) is 3. The van der Waals surface area contributed by atoms with Crippen LogP contribution in [0.4, 0.5) is 10.1 Å². The maximum Gasteiger partial charge on any atom is 0.223 e. The molecule has 1 heterocycles. The van der Waals surface area contributed by atoms with Crippen molar-refractivity contribution in [2.45, 2.75) is 6.10 Å². The number of hydrogen-bond donors (Lipinski definition) is 3. The summed E-state index contributed by atoms with van der Waals surface area (Å²) in [4.78, 5) is 7.47. The molecule has 8 heteroatoms. The van der Waals surface area contributed by atoms with E-state index in [0.29, 0.717) is 13.2 Å². The lowest BCUT2D eigenvalue weighted by Crippen LogP contribution is -2.38. The second kappa shape index (κ2) is 5.53. The van der Waals surface area contributed by atoms with Gasteiger partial charge in [0.1, 0.15) is 11.8 Å². The molecule has 1 aromatic carbocycles. The third-order valence-electron chi connectivity index (χ3n) is 2.32. The molecule has 0 radical (unpaired) electrons. The molecule has 7 nitrogen and oxygen atoms in total. The molecule has 1 saturated heterocycles. The molecular weight excluding hydrogens is 253 g/mol. The van der Waals surface area contributed by atoms with Crippen molar-refractivity contribution in [3.63, 3.8) is 0 Å². The molecule has 102 valence electrons. The standard InChI is InChI=1S/C11H14FN5O2/c12-7-2-1-3-8(16-11(15)17-10(13)14)9(7)19-6-4-18-5-6/h1-3,6H,4-5H2,(H6,13,14,15,16,17). The maximum absolute atomic E-state index is 13.7. The van der Waals surface area contributed by atoms with Crippen LogP contribution in [0, 0.1) is 5.82 Å². The number of rotatable bonds is 3. The van der Waals surface area contributed by atoms with Crippen LogP contribution < -0.4 is 21.9 Å². The van der Waals surface area contributed by atoms with Gasteiger partial charge in [-0.3, -0.25) is 0 Å². The molecule has 0 spiro atoms. The highest BCUT2D eigenvalue weighted by atomic mass is 19.1. The van der Waals surface area contributed by atoms with E-state index in [4.69, 9.17) is 26.7 Å². The molecule has 2 rings (SSSR count). The summed E-state index contributed by atoms with van der Waals surface area (Å²) < 4.78 is 24.1. The van der Waals surface area contributed by atoms with Gasteiger partial charge in [-0.25, -0.2) is 9.38 Å². The monoisotopic (exact) mass is 267 g/mol. The number of benzene rings is 1. The Kier molecular flexibility index (Phi) is 3.81. The molecule has 1 fully saturated rings. The zero-order valence-corrected chi connectivity index (χ0v) is 10.0. The average molecular weight is 267 g/mol. The minimum atomic E-state index is -0.536. The first-order chi connectivity index (χ1) is 9.06. The van der Waals surface area contributed by atoms with Gasteiger partial charge in [0.2, 0.25) is 5.96 Å². The van der Waals surface area contributed by atoms with E-state index in [1.807, 2.05) is 0 Å². The highest BCUT2D eigenvalue weighted by Crippen LogP contribution is 2.32. The third kappa shape index (κ3) is 3.32. The fraction of sp³-hybridized carbons (Fsp3) is 0.273. The molecule has 1 aromatic rings. The first kappa shape index (κ1) is 13.1. The van der Waals surface area contributed by atoms with Crippen LogP contribution >= 0.6 is 0 Å². The Morgan fingerprint density at radius 2 is 2.05 bits per heavy atom. The van der Waals surface area contributed by atoms with Crippen LogP contribution in [-0.2, 0) is 4.74 Å². The summed E-state index contributed by atoms with van der Waals surface area (Å²) >= 11 is 0. The summed E-state index contributed by atoms with van der Waals surface area (Å²) in [6.45, 7) is 0.835. The van der Waals surface area contributed by atoms with Crippen LogP contribution in [0.5, 0.6) is 5.75 Å². The SMILES string of the molecule is NC(N)=NC(N)=Nc1cccc(F)c1OC1COC1. The number of ether oxygens (including phenoxy) is 2. The molecule has 0 aromatic heterocycles. The highest BCUT2D eigenvalue weighted by molar-refractivity contribution is 5.93. The fourth-order valence-electron chi connectivity index (χ4n) is 1.43. The predicted molar refractivity (Wildman–Crippen MR) is 68.7 cm³/mol. The van der Waals surface area contributed by atoms with E-state index < -0.39 is 5.82 Å². The molecule has 6 N–H and O–H groups in total.